The van der Waals surface area contributed by atoms with Gasteiger partial charge in [0.05, 0.1) is 24.1 Å². The van der Waals surface area contributed by atoms with Crippen LogP contribution >= 0.6 is 0 Å². The molecule has 7 nitrogen and oxygen atoms in total. The summed E-state index contributed by atoms with van der Waals surface area (Å²) in [4.78, 5) is 14.4. The van der Waals surface area contributed by atoms with Gasteiger partial charge in [0.15, 0.2) is 0 Å². The van der Waals surface area contributed by atoms with E-state index in [4.69, 9.17) is 10.5 Å². The van der Waals surface area contributed by atoms with Gasteiger partial charge < -0.3 is 20.7 Å². The first-order chi connectivity index (χ1) is 9.52. The minimum Gasteiger partial charge on any atom is -0.395 e. The molecule has 1 aromatic heterocycles. The van der Waals surface area contributed by atoms with Crippen molar-refractivity contribution in [1.82, 2.24) is 20.0 Å². The van der Waals surface area contributed by atoms with Crippen molar-refractivity contribution in [3.63, 3.8) is 0 Å². The first-order valence-electron chi connectivity index (χ1n) is 6.92. The fraction of sp³-hybridized carbons (Fsp3) is 0.692. The van der Waals surface area contributed by atoms with Gasteiger partial charge in [0, 0.05) is 26.7 Å². The van der Waals surface area contributed by atoms with Crippen molar-refractivity contribution >= 4 is 11.6 Å². The topological polar surface area (TPSA) is 85.4 Å². The average Bonchev–Trinajstić information content (AvgIpc) is 2.71. The number of rotatable bonds is 4. The summed E-state index contributed by atoms with van der Waals surface area (Å²) in [7, 11) is 3.78. The Balaban J connectivity index is 1.96. The average molecular weight is 281 g/mol. The summed E-state index contributed by atoms with van der Waals surface area (Å²) in [6, 6.07) is 0. The van der Waals surface area contributed by atoms with Crippen molar-refractivity contribution < 1.29 is 9.53 Å². The summed E-state index contributed by atoms with van der Waals surface area (Å²) in [5.41, 5.74) is 7.61. The molecule has 0 radical (unpaired) electrons. The van der Waals surface area contributed by atoms with Crippen LogP contribution in [0.2, 0.25) is 0 Å². The lowest BCUT2D eigenvalue weighted by Gasteiger charge is -2.30. The monoisotopic (exact) mass is 281 g/mol. The summed E-state index contributed by atoms with van der Waals surface area (Å²) in [5.74, 6) is -0.200. The Hall–Kier alpha value is -1.60. The molecule has 1 atom stereocenters. The third-order valence-corrected chi connectivity index (χ3v) is 3.54. The quantitative estimate of drug-likeness (QED) is 0.786. The molecular weight excluding hydrogens is 258 g/mol. The van der Waals surface area contributed by atoms with E-state index in [1.54, 1.807) is 7.05 Å². The van der Waals surface area contributed by atoms with Crippen molar-refractivity contribution in [2.45, 2.75) is 19.4 Å². The number of nitrogens with zero attached hydrogens (tertiary/aromatic N) is 3. The standard InChI is InChI=1S/C13H23N5O2/c1-4-10-11(14)12(18(3)16-10)13(19)15-7-9-8-17(2)5-6-20-9/h9H,4-8,14H2,1-3H3,(H,15,19). The van der Waals surface area contributed by atoms with Crippen LogP contribution in [0.5, 0.6) is 0 Å². The molecule has 0 bridgehead atoms. The van der Waals surface area contributed by atoms with Gasteiger partial charge in [-0.3, -0.25) is 9.48 Å². The fourth-order valence-corrected chi connectivity index (χ4v) is 2.41. The van der Waals surface area contributed by atoms with E-state index in [1.807, 2.05) is 14.0 Å². The number of amides is 1. The van der Waals surface area contributed by atoms with Crippen molar-refractivity contribution in [2.24, 2.45) is 7.05 Å². The van der Waals surface area contributed by atoms with Gasteiger partial charge in [0.2, 0.25) is 0 Å². The van der Waals surface area contributed by atoms with Gasteiger partial charge in [-0.05, 0) is 13.5 Å². The largest absolute Gasteiger partial charge is 0.395 e. The van der Waals surface area contributed by atoms with Gasteiger partial charge in [-0.15, -0.1) is 0 Å². The normalized spacial score (nSPS) is 20.1. The van der Waals surface area contributed by atoms with E-state index < -0.39 is 0 Å². The van der Waals surface area contributed by atoms with Crippen LogP contribution in [0.1, 0.15) is 23.1 Å². The second-order valence-electron chi connectivity index (χ2n) is 5.15. The Morgan fingerprint density at radius 3 is 2.90 bits per heavy atom. The van der Waals surface area contributed by atoms with Crippen LogP contribution in [0.3, 0.4) is 0 Å². The molecular formula is C13H23N5O2. The highest BCUT2D eigenvalue weighted by Gasteiger charge is 2.22. The zero-order chi connectivity index (χ0) is 14.7. The van der Waals surface area contributed by atoms with E-state index >= 15 is 0 Å². The van der Waals surface area contributed by atoms with Crippen molar-refractivity contribution in [2.75, 3.05) is 39.0 Å². The highest BCUT2D eigenvalue weighted by Crippen LogP contribution is 2.16. The number of hydrogen-bond donors (Lipinski definition) is 2. The second kappa shape index (κ2) is 6.23. The number of aromatic nitrogens is 2. The van der Waals surface area contributed by atoms with Crippen LogP contribution in [-0.4, -0.2) is 60.0 Å². The van der Waals surface area contributed by atoms with Gasteiger partial charge >= 0.3 is 0 Å². The summed E-state index contributed by atoms with van der Waals surface area (Å²) < 4.78 is 7.15. The lowest BCUT2D eigenvalue weighted by Crippen LogP contribution is -2.46. The predicted octanol–water partition coefficient (Wildman–Crippen LogP) is -0.375. The summed E-state index contributed by atoms with van der Waals surface area (Å²) in [5, 5.41) is 7.12. The molecule has 7 heteroatoms. The molecule has 2 rings (SSSR count). The summed E-state index contributed by atoms with van der Waals surface area (Å²) in [6.45, 7) is 4.90. The Kier molecular flexibility index (Phi) is 4.61. The molecule has 0 saturated carbocycles. The first kappa shape index (κ1) is 14.8. The number of carbonyl (C=O) groups is 1. The minimum absolute atomic E-state index is 0.0257. The van der Waals surface area contributed by atoms with E-state index in [2.05, 4.69) is 15.3 Å². The van der Waals surface area contributed by atoms with Crippen molar-refractivity contribution in [3.8, 4) is 0 Å². The van der Waals surface area contributed by atoms with Gasteiger partial charge in [-0.25, -0.2) is 0 Å². The molecule has 1 aromatic rings. The lowest BCUT2D eigenvalue weighted by molar-refractivity contribution is -0.0175. The van der Waals surface area contributed by atoms with Crippen LogP contribution in [-0.2, 0) is 18.2 Å². The minimum atomic E-state index is -0.200. The predicted molar refractivity (Wildman–Crippen MR) is 76.6 cm³/mol. The molecule has 1 fully saturated rings. The smallest absolute Gasteiger partial charge is 0.271 e. The molecule has 0 spiro atoms. The number of carbonyl (C=O) groups excluding carboxylic acids is 1. The molecule has 1 aliphatic heterocycles. The fourth-order valence-electron chi connectivity index (χ4n) is 2.41. The summed E-state index contributed by atoms with van der Waals surface area (Å²) >= 11 is 0. The van der Waals surface area contributed by atoms with Crippen LogP contribution in [0.15, 0.2) is 0 Å². The molecule has 0 aromatic carbocycles. The second-order valence-corrected chi connectivity index (χ2v) is 5.15. The Morgan fingerprint density at radius 2 is 2.30 bits per heavy atom. The lowest BCUT2D eigenvalue weighted by atomic mass is 10.2. The number of aryl methyl sites for hydroxylation is 2. The maximum absolute atomic E-state index is 12.2. The Bertz CT molecular complexity index is 485. The van der Waals surface area contributed by atoms with Crippen LogP contribution in [0.25, 0.3) is 0 Å². The van der Waals surface area contributed by atoms with E-state index in [1.165, 1.54) is 4.68 Å². The zero-order valence-corrected chi connectivity index (χ0v) is 12.3. The van der Waals surface area contributed by atoms with Gasteiger partial charge in [0.25, 0.3) is 5.91 Å². The number of morpholine rings is 1. The Labute approximate surface area is 119 Å². The highest BCUT2D eigenvalue weighted by atomic mass is 16.5. The van der Waals surface area contributed by atoms with Crippen molar-refractivity contribution in [1.29, 1.82) is 0 Å². The molecule has 112 valence electrons. The maximum Gasteiger partial charge on any atom is 0.271 e. The van der Waals surface area contributed by atoms with Gasteiger partial charge in [0.1, 0.15) is 5.69 Å². The molecule has 1 unspecified atom stereocenters. The molecule has 1 aliphatic rings. The third-order valence-electron chi connectivity index (χ3n) is 3.54. The maximum atomic E-state index is 12.2. The Morgan fingerprint density at radius 1 is 1.55 bits per heavy atom. The number of ether oxygens (including phenoxy) is 1. The summed E-state index contributed by atoms with van der Waals surface area (Å²) in [6.07, 6.45) is 0.738. The van der Waals surface area contributed by atoms with E-state index in [-0.39, 0.29) is 12.0 Å². The van der Waals surface area contributed by atoms with Crippen LogP contribution < -0.4 is 11.1 Å². The first-order valence-corrected chi connectivity index (χ1v) is 6.92. The number of anilines is 1. The van der Waals surface area contributed by atoms with Crippen LogP contribution in [0.4, 0.5) is 5.69 Å². The SMILES string of the molecule is CCc1nn(C)c(C(=O)NCC2CN(C)CCO2)c1N. The molecule has 1 amide bonds. The number of nitrogens with one attached hydrogen (secondary N) is 1. The third kappa shape index (κ3) is 3.10. The van der Waals surface area contributed by atoms with Gasteiger partial charge in [-0.1, -0.05) is 6.92 Å². The van der Waals surface area contributed by atoms with E-state index in [0.717, 1.165) is 18.8 Å². The van der Waals surface area contributed by atoms with E-state index in [9.17, 15) is 4.79 Å². The van der Waals surface area contributed by atoms with Crippen molar-refractivity contribution in [3.05, 3.63) is 11.4 Å². The number of hydrogen-bond acceptors (Lipinski definition) is 5. The molecule has 1 saturated heterocycles. The highest BCUT2D eigenvalue weighted by molar-refractivity contribution is 5.98. The zero-order valence-electron chi connectivity index (χ0n) is 12.3. The molecule has 2 heterocycles. The molecule has 3 N–H and O–H groups in total. The van der Waals surface area contributed by atoms with Gasteiger partial charge in [-0.2, -0.15) is 5.10 Å². The number of nitrogens with two attached hydrogens (primary N) is 1. The number of likely N-dealkylation sites (N-methyl/N-ethyl adjacent to an activating group) is 1. The molecule has 20 heavy (non-hydrogen) atoms. The van der Waals surface area contributed by atoms with E-state index in [0.29, 0.717) is 31.0 Å². The van der Waals surface area contributed by atoms with Crippen LogP contribution in [0, 0.1) is 0 Å². The number of nitrogen functional groups attached to an aromatic ring is 1. The molecule has 0 aliphatic carbocycles.